The Labute approximate surface area is 119 Å². The largest absolute Gasteiger partial charge is 0.444 e. The lowest BCUT2D eigenvalue weighted by atomic mass is 10.1. The molecule has 0 bridgehead atoms. The van der Waals surface area contributed by atoms with Crippen molar-refractivity contribution in [3.8, 4) is 0 Å². The number of likely N-dealkylation sites (tertiary alicyclic amines) is 1. The van der Waals surface area contributed by atoms with Gasteiger partial charge in [0.05, 0.1) is 0 Å². The molecule has 1 atom stereocenters. The van der Waals surface area contributed by atoms with Crippen LogP contribution in [0.2, 0.25) is 0 Å². The number of halogens is 1. The third-order valence-corrected chi connectivity index (χ3v) is 4.00. The van der Waals surface area contributed by atoms with Crippen LogP contribution in [0.4, 0.5) is 0 Å². The molecular weight excluding hydrogens is 312 g/mol. The minimum absolute atomic E-state index is 0.218. The fourth-order valence-electron chi connectivity index (χ4n) is 2.44. The lowest BCUT2D eigenvalue weighted by Crippen LogP contribution is -2.31. The maximum Gasteiger partial charge on any atom is 0.287 e. The van der Waals surface area contributed by atoms with Crippen LogP contribution in [-0.4, -0.2) is 35.8 Å². The van der Waals surface area contributed by atoms with Crippen molar-refractivity contribution in [2.24, 2.45) is 5.92 Å². The van der Waals surface area contributed by atoms with Crippen LogP contribution >= 0.6 is 15.9 Å². The van der Waals surface area contributed by atoms with Gasteiger partial charge in [0.1, 0.15) is 0 Å². The third kappa shape index (κ3) is 2.83. The summed E-state index contributed by atoms with van der Waals surface area (Å²) in [6.45, 7) is 1.29. The number of furan rings is 1. The van der Waals surface area contributed by atoms with E-state index in [9.17, 15) is 9.59 Å². The van der Waals surface area contributed by atoms with E-state index in [0.717, 1.165) is 19.4 Å². The molecule has 1 aliphatic heterocycles. The Hall–Kier alpha value is -1.30. The maximum atomic E-state index is 11.8. The van der Waals surface area contributed by atoms with Crippen molar-refractivity contribution < 1.29 is 14.0 Å². The lowest BCUT2D eigenvalue weighted by Gasteiger charge is -2.15. The summed E-state index contributed by atoms with van der Waals surface area (Å²) in [6.07, 6.45) is 2.80. The lowest BCUT2D eigenvalue weighted by molar-refractivity contribution is -0.128. The van der Waals surface area contributed by atoms with Crippen LogP contribution in [0, 0.1) is 5.92 Å². The molecule has 2 fully saturated rings. The van der Waals surface area contributed by atoms with Crippen molar-refractivity contribution in [2.45, 2.75) is 25.3 Å². The van der Waals surface area contributed by atoms with E-state index < -0.39 is 0 Å². The number of carbonyl (C=O) groups excluding carboxylic acids is 2. The van der Waals surface area contributed by atoms with Crippen LogP contribution in [0.5, 0.6) is 0 Å². The number of hydrogen-bond donors (Lipinski definition) is 1. The number of nitrogens with one attached hydrogen (secondary N) is 1. The highest BCUT2D eigenvalue weighted by Crippen LogP contribution is 2.32. The molecule has 102 valence electrons. The molecule has 0 spiro atoms. The normalized spacial score (nSPS) is 22.9. The molecule has 2 aliphatic rings. The smallest absolute Gasteiger partial charge is 0.287 e. The second-order valence-electron chi connectivity index (χ2n) is 5.16. The van der Waals surface area contributed by atoms with E-state index in [2.05, 4.69) is 21.2 Å². The highest BCUT2D eigenvalue weighted by Gasteiger charge is 2.39. The Balaban J connectivity index is 1.50. The molecule has 1 unspecified atom stereocenters. The molecule has 1 saturated carbocycles. The molecule has 0 radical (unpaired) electrons. The molecule has 19 heavy (non-hydrogen) atoms. The predicted molar refractivity (Wildman–Crippen MR) is 71.6 cm³/mol. The van der Waals surface area contributed by atoms with Crippen LogP contribution in [0.15, 0.2) is 21.2 Å². The monoisotopic (exact) mass is 326 g/mol. The Morgan fingerprint density at radius 2 is 2.26 bits per heavy atom. The highest BCUT2D eigenvalue weighted by molar-refractivity contribution is 9.10. The van der Waals surface area contributed by atoms with Gasteiger partial charge >= 0.3 is 0 Å². The van der Waals surface area contributed by atoms with Crippen molar-refractivity contribution >= 4 is 27.7 Å². The van der Waals surface area contributed by atoms with Crippen molar-refractivity contribution in [2.75, 3.05) is 13.1 Å². The van der Waals surface area contributed by atoms with Crippen molar-refractivity contribution in [3.05, 3.63) is 22.6 Å². The number of carbonyl (C=O) groups is 2. The first kappa shape index (κ1) is 12.7. The van der Waals surface area contributed by atoms with Crippen molar-refractivity contribution in [3.63, 3.8) is 0 Å². The number of nitrogens with zero attached hydrogens (tertiary/aromatic N) is 1. The fourth-order valence-corrected chi connectivity index (χ4v) is 2.75. The summed E-state index contributed by atoms with van der Waals surface area (Å²) < 4.78 is 5.71. The highest BCUT2D eigenvalue weighted by atomic mass is 79.9. The third-order valence-electron chi connectivity index (χ3n) is 3.57. The van der Waals surface area contributed by atoms with Crippen LogP contribution in [0.3, 0.4) is 0 Å². The van der Waals surface area contributed by atoms with Gasteiger partial charge < -0.3 is 14.6 Å². The minimum Gasteiger partial charge on any atom is -0.444 e. The summed E-state index contributed by atoms with van der Waals surface area (Å²) in [7, 11) is 0. The standard InChI is InChI=1S/C13H15BrN2O3/c14-11-4-3-10(19-11)13(18)15-6-8-5-12(17)16(7-8)9-1-2-9/h3-4,8-9H,1-2,5-7H2,(H,15,18). The number of amides is 2. The van der Waals surface area contributed by atoms with Gasteiger partial charge in [-0.3, -0.25) is 9.59 Å². The van der Waals surface area contributed by atoms with Gasteiger partial charge in [-0.2, -0.15) is 0 Å². The summed E-state index contributed by atoms with van der Waals surface area (Å²) in [5.41, 5.74) is 0. The number of rotatable bonds is 4. The number of hydrogen-bond acceptors (Lipinski definition) is 3. The van der Waals surface area contributed by atoms with Gasteiger partial charge in [-0.15, -0.1) is 0 Å². The Kier molecular flexibility index (Phi) is 3.35. The van der Waals surface area contributed by atoms with Crippen LogP contribution < -0.4 is 5.32 Å². The summed E-state index contributed by atoms with van der Waals surface area (Å²) >= 11 is 3.16. The molecule has 1 aromatic heterocycles. The molecule has 6 heteroatoms. The first-order chi connectivity index (χ1) is 9.13. The van der Waals surface area contributed by atoms with E-state index in [1.807, 2.05) is 4.90 Å². The molecule has 3 rings (SSSR count). The average molecular weight is 327 g/mol. The molecule has 1 saturated heterocycles. The Morgan fingerprint density at radius 1 is 1.47 bits per heavy atom. The van der Waals surface area contributed by atoms with E-state index >= 15 is 0 Å². The summed E-state index contributed by atoms with van der Waals surface area (Å²) in [5.74, 6) is 0.496. The predicted octanol–water partition coefficient (Wildman–Crippen LogP) is 1.78. The second kappa shape index (κ2) is 5.00. The minimum atomic E-state index is -0.233. The van der Waals surface area contributed by atoms with Gasteiger partial charge in [0, 0.05) is 31.5 Å². The molecule has 1 aromatic rings. The first-order valence-corrected chi connectivity index (χ1v) is 7.26. The first-order valence-electron chi connectivity index (χ1n) is 6.46. The second-order valence-corrected chi connectivity index (χ2v) is 5.94. The van der Waals surface area contributed by atoms with E-state index in [-0.39, 0.29) is 23.5 Å². The summed E-state index contributed by atoms with van der Waals surface area (Å²) in [5, 5.41) is 2.82. The molecule has 5 nitrogen and oxygen atoms in total. The van der Waals surface area contributed by atoms with E-state index in [4.69, 9.17) is 4.42 Å². The Bertz CT molecular complexity index is 510. The van der Waals surface area contributed by atoms with E-state index in [1.165, 1.54) is 0 Å². The fraction of sp³-hybridized carbons (Fsp3) is 0.538. The molecule has 0 aromatic carbocycles. The SMILES string of the molecule is O=C(NCC1CC(=O)N(C2CC2)C1)c1ccc(Br)o1. The average Bonchev–Trinajstić information content (AvgIpc) is 3.03. The quantitative estimate of drug-likeness (QED) is 0.917. The topological polar surface area (TPSA) is 62.6 Å². The van der Waals surface area contributed by atoms with Crippen LogP contribution in [-0.2, 0) is 4.79 Å². The zero-order chi connectivity index (χ0) is 13.4. The summed E-state index contributed by atoms with van der Waals surface area (Å²) in [6, 6.07) is 3.77. The van der Waals surface area contributed by atoms with Gasteiger partial charge in [0.15, 0.2) is 10.4 Å². The maximum absolute atomic E-state index is 11.8. The van der Waals surface area contributed by atoms with Crippen LogP contribution in [0.1, 0.15) is 29.8 Å². The van der Waals surface area contributed by atoms with E-state index in [1.54, 1.807) is 12.1 Å². The van der Waals surface area contributed by atoms with E-state index in [0.29, 0.717) is 23.7 Å². The zero-order valence-electron chi connectivity index (χ0n) is 10.4. The Morgan fingerprint density at radius 3 is 2.89 bits per heavy atom. The molecule has 2 heterocycles. The molecule has 2 amide bonds. The van der Waals surface area contributed by atoms with Gasteiger partial charge in [-0.25, -0.2) is 0 Å². The zero-order valence-corrected chi connectivity index (χ0v) is 12.0. The van der Waals surface area contributed by atoms with Crippen molar-refractivity contribution in [1.29, 1.82) is 0 Å². The van der Waals surface area contributed by atoms with Gasteiger partial charge in [0.25, 0.3) is 5.91 Å². The van der Waals surface area contributed by atoms with Crippen LogP contribution in [0.25, 0.3) is 0 Å². The van der Waals surface area contributed by atoms with Crippen molar-refractivity contribution in [1.82, 2.24) is 10.2 Å². The molecular formula is C13H15BrN2O3. The summed E-state index contributed by atoms with van der Waals surface area (Å²) in [4.78, 5) is 25.5. The molecule has 1 aliphatic carbocycles. The van der Waals surface area contributed by atoms with Gasteiger partial charge in [-0.1, -0.05) is 0 Å². The molecule has 1 N–H and O–H groups in total. The van der Waals surface area contributed by atoms with Gasteiger partial charge in [-0.05, 0) is 40.9 Å². The van der Waals surface area contributed by atoms with Gasteiger partial charge in [0.2, 0.25) is 5.91 Å².